The molecule has 0 unspecified atom stereocenters. The Labute approximate surface area is 216 Å². The predicted octanol–water partition coefficient (Wildman–Crippen LogP) is 1.83. The van der Waals surface area contributed by atoms with Gasteiger partial charge in [0.25, 0.3) is 11.8 Å². The number of nitrogens with one attached hydrogen (secondary N) is 2. The van der Waals surface area contributed by atoms with Crippen LogP contribution in [0.5, 0.6) is 17.2 Å². The highest BCUT2D eigenvalue weighted by Crippen LogP contribution is 2.28. The van der Waals surface area contributed by atoms with E-state index in [1.807, 2.05) is 19.9 Å². The third-order valence-corrected chi connectivity index (χ3v) is 6.48. The van der Waals surface area contributed by atoms with Crippen molar-refractivity contribution in [2.45, 2.75) is 39.0 Å². The van der Waals surface area contributed by atoms with E-state index in [0.717, 1.165) is 11.1 Å². The molecule has 2 N–H and O–H groups in total. The van der Waals surface area contributed by atoms with E-state index in [9.17, 15) is 14.4 Å². The first-order valence-electron chi connectivity index (χ1n) is 12.4. The van der Waals surface area contributed by atoms with Crippen molar-refractivity contribution in [3.8, 4) is 17.2 Å². The van der Waals surface area contributed by atoms with Crippen molar-refractivity contribution < 1.29 is 33.3 Å². The van der Waals surface area contributed by atoms with Crippen LogP contribution in [-0.2, 0) is 20.9 Å². The molecular weight excluding hydrogens is 478 g/mol. The average Bonchev–Trinajstić information content (AvgIpc) is 2.90. The number of ether oxygens (including phenoxy) is 4. The maximum atomic E-state index is 13.3. The Bertz CT molecular complexity index is 1150. The summed E-state index contributed by atoms with van der Waals surface area (Å²) < 4.78 is 22.9. The van der Waals surface area contributed by atoms with Crippen LogP contribution in [0.15, 0.2) is 36.4 Å². The van der Waals surface area contributed by atoms with E-state index in [4.69, 9.17) is 18.9 Å². The number of hydrogen-bond acceptors (Lipinski definition) is 7. The molecule has 0 aromatic heterocycles. The molecule has 0 saturated carbocycles. The van der Waals surface area contributed by atoms with Gasteiger partial charge >= 0.3 is 0 Å². The highest BCUT2D eigenvalue weighted by atomic mass is 16.5. The average molecular weight is 512 g/mol. The first-order chi connectivity index (χ1) is 17.9. The van der Waals surface area contributed by atoms with Crippen molar-refractivity contribution in [1.29, 1.82) is 0 Å². The Morgan fingerprint density at radius 2 is 2.03 bits per heavy atom. The molecular formula is C27H33N3O7. The predicted molar refractivity (Wildman–Crippen MR) is 135 cm³/mol. The fourth-order valence-electron chi connectivity index (χ4n) is 4.37. The van der Waals surface area contributed by atoms with Gasteiger partial charge in [-0.25, -0.2) is 0 Å². The number of nitrogens with zero attached hydrogens (tertiary/aromatic N) is 1. The lowest BCUT2D eigenvalue weighted by Crippen LogP contribution is -2.58. The van der Waals surface area contributed by atoms with Crippen LogP contribution < -0.4 is 24.8 Å². The number of rotatable bonds is 4. The van der Waals surface area contributed by atoms with Crippen LogP contribution in [0.4, 0.5) is 0 Å². The van der Waals surface area contributed by atoms with E-state index in [1.165, 1.54) is 0 Å². The van der Waals surface area contributed by atoms with Gasteiger partial charge in [-0.15, -0.1) is 0 Å². The second-order valence-corrected chi connectivity index (χ2v) is 9.02. The smallest absolute Gasteiger partial charge is 0.258 e. The molecule has 10 heteroatoms. The van der Waals surface area contributed by atoms with Crippen LogP contribution in [0, 0.1) is 6.92 Å². The fraction of sp³-hybridized carbons (Fsp3) is 0.444. The monoisotopic (exact) mass is 511 g/mol. The van der Waals surface area contributed by atoms with Gasteiger partial charge < -0.3 is 34.5 Å². The van der Waals surface area contributed by atoms with Crippen molar-refractivity contribution in [2.75, 3.05) is 40.0 Å². The third-order valence-electron chi connectivity index (χ3n) is 6.48. The largest absolute Gasteiger partial charge is 0.496 e. The Balaban J connectivity index is 1.65. The topological polar surface area (TPSA) is 115 Å². The molecule has 0 spiro atoms. The summed E-state index contributed by atoms with van der Waals surface area (Å²) in [6.45, 7) is 4.94. The fourth-order valence-corrected chi connectivity index (χ4v) is 4.37. The minimum atomic E-state index is -0.470. The molecule has 198 valence electrons. The number of fused-ring (bicyclic) bond motifs is 7. The summed E-state index contributed by atoms with van der Waals surface area (Å²) >= 11 is 0. The minimum absolute atomic E-state index is 0.00717. The quantitative estimate of drug-likeness (QED) is 0.644. The molecule has 1 saturated heterocycles. The van der Waals surface area contributed by atoms with E-state index in [-0.39, 0.29) is 50.1 Å². The van der Waals surface area contributed by atoms with Crippen LogP contribution in [0.3, 0.4) is 0 Å². The number of methoxy groups -OCH3 is 1. The van der Waals surface area contributed by atoms with Gasteiger partial charge in [0.2, 0.25) is 5.91 Å². The molecule has 3 heterocycles. The normalized spacial score (nSPS) is 20.0. The number of amides is 3. The molecule has 3 aliphatic rings. The number of carbonyl (C=O) groups is 3. The maximum Gasteiger partial charge on any atom is 0.258 e. The molecule has 0 radical (unpaired) electrons. The zero-order valence-electron chi connectivity index (χ0n) is 21.4. The van der Waals surface area contributed by atoms with Gasteiger partial charge in [-0.2, -0.15) is 0 Å². The molecule has 10 nitrogen and oxygen atoms in total. The van der Waals surface area contributed by atoms with Gasteiger partial charge in [0.05, 0.1) is 13.2 Å². The van der Waals surface area contributed by atoms with Gasteiger partial charge in [0.15, 0.2) is 6.61 Å². The van der Waals surface area contributed by atoms with Crippen molar-refractivity contribution in [3.05, 3.63) is 53.1 Å². The first kappa shape index (κ1) is 26.3. The zero-order valence-corrected chi connectivity index (χ0v) is 21.4. The Morgan fingerprint density at radius 3 is 2.81 bits per heavy atom. The van der Waals surface area contributed by atoms with Crippen molar-refractivity contribution in [2.24, 2.45) is 0 Å². The highest BCUT2D eigenvalue weighted by Gasteiger charge is 2.34. The van der Waals surface area contributed by atoms with E-state index < -0.39 is 6.04 Å². The van der Waals surface area contributed by atoms with Crippen LogP contribution in [0.25, 0.3) is 0 Å². The number of carbonyl (C=O) groups excluding carboxylic acids is 3. The Kier molecular flexibility index (Phi) is 8.50. The number of hydrogen-bond donors (Lipinski definition) is 2. The Morgan fingerprint density at radius 1 is 1.19 bits per heavy atom. The summed E-state index contributed by atoms with van der Waals surface area (Å²) in [5.74, 6) is 0.810. The summed E-state index contributed by atoms with van der Waals surface area (Å²) in [5, 5.41) is 5.87. The number of likely N-dealkylation sites (tertiary alicyclic amines) is 1. The van der Waals surface area contributed by atoms with Crippen LogP contribution in [0.2, 0.25) is 0 Å². The summed E-state index contributed by atoms with van der Waals surface area (Å²) in [7, 11) is 1.55. The Hall–Kier alpha value is -3.79. The van der Waals surface area contributed by atoms with E-state index >= 15 is 0 Å². The van der Waals surface area contributed by atoms with Gasteiger partial charge in [0.1, 0.15) is 30.0 Å². The first-order valence-corrected chi connectivity index (χ1v) is 12.4. The SMILES string of the molecule is CCOCC(=O)N1CC[C@H]2Oc3ccc(c(OC)c3)CNC(=O)COc3cc(ccc3C)C(=O)N[C@H]2C1. The van der Waals surface area contributed by atoms with E-state index in [1.54, 1.807) is 42.3 Å². The molecule has 1 fully saturated rings. The van der Waals surface area contributed by atoms with Gasteiger partial charge in [0, 0.05) is 49.9 Å². The molecule has 2 aromatic rings. The van der Waals surface area contributed by atoms with Crippen LogP contribution in [0.1, 0.15) is 34.8 Å². The summed E-state index contributed by atoms with van der Waals surface area (Å²) in [4.78, 5) is 40.0. The second-order valence-electron chi connectivity index (χ2n) is 9.02. The summed E-state index contributed by atoms with van der Waals surface area (Å²) in [5.41, 5.74) is 1.96. The highest BCUT2D eigenvalue weighted by molar-refractivity contribution is 5.95. The number of piperidine rings is 1. The number of benzene rings is 2. The number of aryl methyl sites for hydroxylation is 1. The molecule has 2 aromatic carbocycles. The molecule has 37 heavy (non-hydrogen) atoms. The molecule has 4 bridgehead atoms. The lowest BCUT2D eigenvalue weighted by molar-refractivity contribution is -0.138. The summed E-state index contributed by atoms with van der Waals surface area (Å²) in [6.07, 6.45) is 0.137. The molecule has 0 aliphatic carbocycles. The van der Waals surface area contributed by atoms with Crippen LogP contribution in [-0.4, -0.2) is 74.8 Å². The zero-order chi connectivity index (χ0) is 26.4. The maximum absolute atomic E-state index is 13.3. The van der Waals surface area contributed by atoms with Gasteiger partial charge in [-0.05, 0) is 43.7 Å². The van der Waals surface area contributed by atoms with Crippen molar-refractivity contribution in [3.63, 3.8) is 0 Å². The minimum Gasteiger partial charge on any atom is -0.496 e. The molecule has 5 rings (SSSR count). The van der Waals surface area contributed by atoms with Crippen molar-refractivity contribution in [1.82, 2.24) is 15.5 Å². The van der Waals surface area contributed by atoms with Gasteiger partial charge in [-0.3, -0.25) is 14.4 Å². The standard InChI is InChI=1S/C27H33N3O7/c1-4-35-16-26(32)30-10-9-22-21(14-30)29-27(33)18-6-5-17(2)23(11-18)36-15-25(31)28-13-19-7-8-20(37-22)12-24(19)34-3/h5-8,11-12,21-22H,4,9-10,13-16H2,1-3H3,(H,28,31)(H,29,33)/t21-,22+/m0/s1. The van der Waals surface area contributed by atoms with Crippen LogP contribution >= 0.6 is 0 Å². The molecule has 3 amide bonds. The lowest BCUT2D eigenvalue weighted by atomic mass is 10.0. The third kappa shape index (κ3) is 6.51. The molecule has 3 aliphatic heterocycles. The second kappa shape index (κ2) is 12.0. The van der Waals surface area contributed by atoms with Crippen molar-refractivity contribution >= 4 is 17.7 Å². The van der Waals surface area contributed by atoms with Gasteiger partial charge in [-0.1, -0.05) is 6.07 Å². The lowest BCUT2D eigenvalue weighted by Gasteiger charge is -2.39. The molecule has 2 atom stereocenters. The van der Waals surface area contributed by atoms with E-state index in [2.05, 4.69) is 10.6 Å². The summed E-state index contributed by atoms with van der Waals surface area (Å²) in [6, 6.07) is 10.0. The van der Waals surface area contributed by atoms with E-state index in [0.29, 0.717) is 42.4 Å².